The quantitative estimate of drug-likeness (QED) is 0.417. The van der Waals surface area contributed by atoms with E-state index in [9.17, 15) is 10.1 Å². The molecule has 0 aliphatic carbocycles. The van der Waals surface area contributed by atoms with Crippen LogP contribution in [0.15, 0.2) is 78.9 Å². The Morgan fingerprint density at radius 1 is 0.943 bits per heavy atom. The molecule has 4 rings (SSSR count). The van der Waals surface area contributed by atoms with E-state index in [4.69, 9.17) is 20.9 Å². The monoisotopic (exact) mass is 466 g/mol. The molecule has 0 bridgehead atoms. The number of hydrogen-bond donors (Lipinski definition) is 2. The SMILES string of the molecule is COc1cc(-c2nc(N)nc(N)c2C#N)ccc1OCC(=O)N(c1ccccc1)c1ccccc1. The molecule has 0 saturated carbocycles. The number of benzene rings is 3. The summed E-state index contributed by atoms with van der Waals surface area (Å²) in [7, 11) is 1.47. The third-order valence-electron chi connectivity index (χ3n) is 5.13. The number of carbonyl (C=O) groups excluding carboxylic acids is 1. The summed E-state index contributed by atoms with van der Waals surface area (Å²) >= 11 is 0. The van der Waals surface area contributed by atoms with Gasteiger partial charge in [-0.1, -0.05) is 36.4 Å². The van der Waals surface area contributed by atoms with Gasteiger partial charge in [-0.15, -0.1) is 0 Å². The van der Waals surface area contributed by atoms with Gasteiger partial charge < -0.3 is 20.9 Å². The van der Waals surface area contributed by atoms with Crippen LogP contribution >= 0.6 is 0 Å². The Balaban J connectivity index is 1.60. The minimum Gasteiger partial charge on any atom is -0.493 e. The second kappa shape index (κ2) is 10.2. The van der Waals surface area contributed by atoms with Crippen molar-refractivity contribution in [2.24, 2.45) is 0 Å². The second-order valence-corrected chi connectivity index (χ2v) is 7.36. The fourth-order valence-electron chi connectivity index (χ4n) is 3.54. The molecule has 4 aromatic rings. The summed E-state index contributed by atoms with van der Waals surface area (Å²) < 4.78 is 11.3. The van der Waals surface area contributed by atoms with Gasteiger partial charge in [0.2, 0.25) is 5.95 Å². The number of nitrogen functional groups attached to an aromatic ring is 2. The molecule has 3 aromatic carbocycles. The number of nitrogens with two attached hydrogens (primary N) is 2. The lowest BCUT2D eigenvalue weighted by molar-refractivity contribution is -0.119. The molecule has 9 nitrogen and oxygen atoms in total. The number of methoxy groups -OCH3 is 1. The van der Waals surface area contributed by atoms with Gasteiger partial charge in [-0.05, 0) is 42.5 Å². The van der Waals surface area contributed by atoms with Gasteiger partial charge in [0.05, 0.1) is 12.8 Å². The maximum absolute atomic E-state index is 13.2. The number of anilines is 4. The van der Waals surface area contributed by atoms with Crippen molar-refractivity contribution in [3.05, 3.63) is 84.4 Å². The van der Waals surface area contributed by atoms with Gasteiger partial charge in [0.15, 0.2) is 18.1 Å². The van der Waals surface area contributed by atoms with Crippen molar-refractivity contribution >= 4 is 29.0 Å². The Morgan fingerprint density at radius 3 is 2.14 bits per heavy atom. The van der Waals surface area contributed by atoms with Gasteiger partial charge in [0.25, 0.3) is 5.91 Å². The lowest BCUT2D eigenvalue weighted by Gasteiger charge is -2.23. The summed E-state index contributed by atoms with van der Waals surface area (Å²) in [5.74, 6) is 0.363. The average molecular weight is 467 g/mol. The summed E-state index contributed by atoms with van der Waals surface area (Å²) in [6.07, 6.45) is 0. The normalized spacial score (nSPS) is 10.3. The minimum atomic E-state index is -0.267. The number of ether oxygens (including phenoxy) is 2. The van der Waals surface area contributed by atoms with Crippen molar-refractivity contribution in [3.63, 3.8) is 0 Å². The van der Waals surface area contributed by atoms with Gasteiger partial charge in [-0.2, -0.15) is 10.2 Å². The van der Waals surface area contributed by atoms with E-state index >= 15 is 0 Å². The van der Waals surface area contributed by atoms with E-state index in [1.165, 1.54) is 7.11 Å². The van der Waals surface area contributed by atoms with E-state index in [2.05, 4.69) is 9.97 Å². The largest absolute Gasteiger partial charge is 0.493 e. The van der Waals surface area contributed by atoms with Gasteiger partial charge >= 0.3 is 0 Å². The topological polar surface area (TPSA) is 140 Å². The Hall–Kier alpha value is -5.10. The highest BCUT2D eigenvalue weighted by Gasteiger charge is 2.20. The fourth-order valence-corrected chi connectivity index (χ4v) is 3.54. The number of carbonyl (C=O) groups is 1. The summed E-state index contributed by atoms with van der Waals surface area (Å²) in [6, 6.07) is 25.6. The number of amides is 1. The van der Waals surface area contributed by atoms with Crippen LogP contribution in [-0.4, -0.2) is 29.6 Å². The molecule has 174 valence electrons. The van der Waals surface area contributed by atoms with E-state index in [0.29, 0.717) is 17.1 Å². The van der Waals surface area contributed by atoms with Crippen LogP contribution in [0.25, 0.3) is 11.3 Å². The first kappa shape index (κ1) is 23.1. The summed E-state index contributed by atoms with van der Waals surface area (Å²) in [4.78, 5) is 22.8. The van der Waals surface area contributed by atoms with Gasteiger partial charge in [-0.3, -0.25) is 9.69 Å². The van der Waals surface area contributed by atoms with Gasteiger partial charge in [0, 0.05) is 16.9 Å². The first-order valence-corrected chi connectivity index (χ1v) is 10.6. The molecule has 1 amide bonds. The highest BCUT2D eigenvalue weighted by molar-refractivity contribution is 6.01. The van der Waals surface area contributed by atoms with Crippen molar-refractivity contribution in [2.45, 2.75) is 0 Å². The highest BCUT2D eigenvalue weighted by Crippen LogP contribution is 2.34. The van der Waals surface area contributed by atoms with Crippen molar-refractivity contribution in [3.8, 4) is 28.8 Å². The molecule has 1 aromatic heterocycles. The molecule has 1 heterocycles. The van der Waals surface area contributed by atoms with Crippen LogP contribution in [0.2, 0.25) is 0 Å². The molecule has 0 aliphatic rings. The number of nitrogens with zero attached hydrogens (tertiary/aromatic N) is 4. The first-order valence-electron chi connectivity index (χ1n) is 10.6. The molecule has 0 unspecified atom stereocenters. The lowest BCUT2D eigenvalue weighted by atomic mass is 10.1. The Labute approximate surface area is 202 Å². The van der Waals surface area contributed by atoms with Crippen molar-refractivity contribution in [1.82, 2.24) is 9.97 Å². The van der Waals surface area contributed by atoms with E-state index in [-0.39, 0.29) is 35.5 Å². The Bertz CT molecular complexity index is 1350. The summed E-state index contributed by atoms with van der Waals surface area (Å²) in [6.45, 7) is -0.240. The standard InChI is InChI=1S/C26H22N6O3/c1-34-22-14-17(24-20(15-27)25(28)31-26(29)30-24)12-13-21(22)35-16-23(33)32(18-8-4-2-5-9-18)19-10-6-3-7-11-19/h2-14H,16H2,1H3,(H4,28,29,30,31). The smallest absolute Gasteiger partial charge is 0.269 e. The minimum absolute atomic E-state index is 0.0122. The van der Waals surface area contributed by atoms with Crippen molar-refractivity contribution in [1.29, 1.82) is 5.26 Å². The molecule has 9 heteroatoms. The van der Waals surface area contributed by atoms with Crippen molar-refractivity contribution < 1.29 is 14.3 Å². The zero-order valence-electron chi connectivity index (χ0n) is 18.9. The molecule has 0 atom stereocenters. The third-order valence-corrected chi connectivity index (χ3v) is 5.13. The number of para-hydroxylation sites is 2. The number of rotatable bonds is 7. The van der Waals surface area contributed by atoms with Crippen LogP contribution in [0.4, 0.5) is 23.1 Å². The van der Waals surface area contributed by atoms with Crippen molar-refractivity contribution in [2.75, 3.05) is 30.1 Å². The molecule has 0 fully saturated rings. The molecule has 0 spiro atoms. The van der Waals surface area contributed by atoms with Crippen LogP contribution in [0.5, 0.6) is 11.5 Å². The molecule has 0 saturated heterocycles. The van der Waals surface area contributed by atoms with E-state index in [0.717, 1.165) is 11.4 Å². The fraction of sp³-hybridized carbons (Fsp3) is 0.0769. The Kier molecular flexibility index (Phi) is 6.74. The van der Waals surface area contributed by atoms with Crippen LogP contribution in [0.1, 0.15) is 5.56 Å². The van der Waals surface area contributed by atoms with E-state index in [1.54, 1.807) is 23.1 Å². The van der Waals surface area contributed by atoms with Crippen LogP contribution in [0, 0.1) is 11.3 Å². The molecule has 4 N–H and O–H groups in total. The highest BCUT2D eigenvalue weighted by atomic mass is 16.5. The van der Waals surface area contributed by atoms with Crippen LogP contribution < -0.4 is 25.8 Å². The number of hydrogen-bond acceptors (Lipinski definition) is 8. The first-order chi connectivity index (χ1) is 17.0. The van der Waals surface area contributed by atoms with Crippen LogP contribution in [-0.2, 0) is 4.79 Å². The molecule has 0 aliphatic heterocycles. The molecule has 0 radical (unpaired) electrons. The zero-order chi connectivity index (χ0) is 24.8. The second-order valence-electron chi connectivity index (χ2n) is 7.36. The van der Waals surface area contributed by atoms with E-state index in [1.807, 2.05) is 66.7 Å². The lowest BCUT2D eigenvalue weighted by Crippen LogP contribution is -2.30. The van der Waals surface area contributed by atoms with Gasteiger partial charge in [-0.25, -0.2) is 4.98 Å². The summed E-state index contributed by atoms with van der Waals surface area (Å²) in [5, 5.41) is 9.47. The number of nitriles is 1. The Morgan fingerprint density at radius 2 is 1.57 bits per heavy atom. The molecular formula is C26H22N6O3. The maximum Gasteiger partial charge on any atom is 0.269 e. The zero-order valence-corrected chi connectivity index (χ0v) is 18.9. The molecule has 35 heavy (non-hydrogen) atoms. The van der Waals surface area contributed by atoms with E-state index < -0.39 is 0 Å². The maximum atomic E-state index is 13.2. The number of aromatic nitrogens is 2. The van der Waals surface area contributed by atoms with Crippen LogP contribution in [0.3, 0.4) is 0 Å². The van der Waals surface area contributed by atoms with Gasteiger partial charge in [0.1, 0.15) is 17.5 Å². The third kappa shape index (κ3) is 4.96. The average Bonchev–Trinajstić information content (AvgIpc) is 2.88. The predicted octanol–water partition coefficient (Wildman–Crippen LogP) is 3.93. The summed E-state index contributed by atoms with van der Waals surface area (Å²) in [5.41, 5.74) is 13.9. The molecular weight excluding hydrogens is 444 g/mol. The predicted molar refractivity (Wildman–Crippen MR) is 133 cm³/mol.